The molecule has 0 bridgehead atoms. The van der Waals surface area contributed by atoms with Crippen molar-refractivity contribution in [3.63, 3.8) is 0 Å². The van der Waals surface area contributed by atoms with Crippen LogP contribution in [0.3, 0.4) is 0 Å². The van der Waals surface area contributed by atoms with E-state index in [4.69, 9.17) is 15.0 Å². The molecule has 7 heteroatoms. The first-order valence-electron chi connectivity index (χ1n) is 0.612. The molecule has 0 saturated heterocycles. The van der Waals surface area contributed by atoms with E-state index >= 15 is 0 Å². The fraction of sp³-hybridized carbons (Fsp3) is 0. The molecule has 32 valence electrons. The standard InChI is InChI=1S/CH2O3.2Ba.2Li.4H/c2-1(3)4;;;;;;;;/h(H2,2,3,4);;;;;;;;/q;;;2*+1;;;;/p-2. The molecule has 0 aromatic carbocycles. The summed E-state index contributed by atoms with van der Waals surface area (Å²) in [6.07, 6.45) is -2.33. The van der Waals surface area contributed by atoms with Gasteiger partial charge in [0.05, 0.1) is 0 Å². The minimum Gasteiger partial charge on any atom is 1.00 e. The predicted molar refractivity (Wildman–Crippen MR) is 22.5 cm³/mol. The van der Waals surface area contributed by atoms with Crippen LogP contribution in [0.2, 0.25) is 0 Å². The summed E-state index contributed by atoms with van der Waals surface area (Å²) >= 11 is 0. The van der Waals surface area contributed by atoms with Crippen LogP contribution < -0.4 is 47.9 Å². The maximum absolute atomic E-state index is 8.33. The Morgan fingerprint density at radius 1 is 1.00 bits per heavy atom. The van der Waals surface area contributed by atoms with Crippen molar-refractivity contribution in [1.29, 1.82) is 0 Å². The first kappa shape index (κ1) is 29.9. The van der Waals surface area contributed by atoms with E-state index in [1.807, 2.05) is 0 Å². The zero-order valence-electron chi connectivity index (χ0n) is 3.72. The molecular formula is CH4Ba2Li2O3. The second-order valence-corrected chi connectivity index (χ2v) is 0.250. The van der Waals surface area contributed by atoms with Crippen molar-refractivity contribution in [3.8, 4) is 0 Å². The second-order valence-electron chi connectivity index (χ2n) is 0.250. The van der Waals surface area contributed by atoms with E-state index in [1.54, 1.807) is 0 Å². The smallest absolute Gasteiger partial charge is 1.00 e. The molecule has 0 spiro atoms. The van der Waals surface area contributed by atoms with Crippen LogP contribution in [0.5, 0.6) is 0 Å². The van der Waals surface area contributed by atoms with Crippen LogP contribution in [0.4, 0.5) is 4.79 Å². The van der Waals surface area contributed by atoms with Gasteiger partial charge in [0.15, 0.2) is 0 Å². The summed E-state index contributed by atoms with van der Waals surface area (Å²) in [5, 5.41) is 16.7. The van der Waals surface area contributed by atoms with Gasteiger partial charge in [-0.2, -0.15) is 0 Å². The summed E-state index contributed by atoms with van der Waals surface area (Å²) < 4.78 is 0. The van der Waals surface area contributed by atoms with Crippen molar-refractivity contribution in [2.45, 2.75) is 0 Å². The summed E-state index contributed by atoms with van der Waals surface area (Å²) in [6.45, 7) is 0. The van der Waals surface area contributed by atoms with Gasteiger partial charge in [-0.05, 0) is 6.16 Å². The maximum Gasteiger partial charge on any atom is 1.00 e. The Morgan fingerprint density at radius 2 is 1.00 bits per heavy atom. The Bertz CT molecular complexity index is 38.3. The van der Waals surface area contributed by atoms with Gasteiger partial charge in [0.1, 0.15) is 0 Å². The van der Waals surface area contributed by atoms with E-state index in [0.717, 1.165) is 0 Å². The monoisotopic (exact) mass is 354 g/mol. The summed E-state index contributed by atoms with van der Waals surface area (Å²) in [5.74, 6) is 0. The van der Waals surface area contributed by atoms with Crippen LogP contribution in [-0.4, -0.2) is 104 Å². The normalized spacial score (nSPS) is 3.00. The minimum absolute atomic E-state index is 0. The SMILES string of the molecule is O=C([O-])[O-].[BaH2].[BaH2].[Li+].[Li+]. The third-order valence-electron chi connectivity index (χ3n) is 0. The Balaban J connectivity index is -0.00000000750. The molecule has 8 heavy (non-hydrogen) atoms. The molecule has 0 rings (SSSR count). The van der Waals surface area contributed by atoms with Crippen molar-refractivity contribution in [2.75, 3.05) is 0 Å². The van der Waals surface area contributed by atoms with E-state index < -0.39 is 6.16 Å². The van der Waals surface area contributed by atoms with Gasteiger partial charge in [0, 0.05) is 0 Å². The summed E-state index contributed by atoms with van der Waals surface area (Å²) in [5.41, 5.74) is 0. The van der Waals surface area contributed by atoms with Gasteiger partial charge >= 0.3 is 135 Å². The molecule has 3 nitrogen and oxygen atoms in total. The minimum atomic E-state index is -2.33. The number of carbonyl (C=O) groups excluding carboxylic acids is 1. The van der Waals surface area contributed by atoms with Crippen molar-refractivity contribution in [2.24, 2.45) is 0 Å². The second kappa shape index (κ2) is 22.4. The van der Waals surface area contributed by atoms with E-state index in [-0.39, 0.29) is 135 Å². The molecule has 0 aromatic rings. The third kappa shape index (κ3) is 54.7. The van der Waals surface area contributed by atoms with Crippen LogP contribution in [-0.2, 0) is 0 Å². The number of carboxylic acid groups (broad SMARTS) is 2. The quantitative estimate of drug-likeness (QED) is 0.407. The predicted octanol–water partition coefficient (Wildman–Crippen LogP) is -10.3. The van der Waals surface area contributed by atoms with Crippen LogP contribution in [0.25, 0.3) is 0 Å². The van der Waals surface area contributed by atoms with Gasteiger partial charge in [-0.25, -0.2) is 0 Å². The van der Waals surface area contributed by atoms with E-state index in [1.165, 1.54) is 0 Å². The van der Waals surface area contributed by atoms with Crippen molar-refractivity contribution in [3.05, 3.63) is 0 Å². The van der Waals surface area contributed by atoms with Crippen LogP contribution in [0.1, 0.15) is 0 Å². The summed E-state index contributed by atoms with van der Waals surface area (Å²) in [7, 11) is 0. The van der Waals surface area contributed by atoms with Gasteiger partial charge < -0.3 is 15.0 Å². The Kier molecular flexibility index (Phi) is 83.9. The topological polar surface area (TPSA) is 63.2 Å². The van der Waals surface area contributed by atoms with Gasteiger partial charge in [-0.15, -0.1) is 0 Å². The fourth-order valence-corrected chi connectivity index (χ4v) is 0. The Labute approximate surface area is 152 Å². The molecule has 0 aliphatic rings. The van der Waals surface area contributed by atoms with Gasteiger partial charge in [-0.3, -0.25) is 0 Å². The maximum atomic E-state index is 8.33. The molecule has 0 aromatic heterocycles. The Morgan fingerprint density at radius 3 is 1.00 bits per heavy atom. The molecule has 0 unspecified atom stereocenters. The van der Waals surface area contributed by atoms with Crippen molar-refractivity contribution >= 4 is 104 Å². The summed E-state index contributed by atoms with van der Waals surface area (Å²) in [4.78, 5) is 8.33. The average molecular weight is 353 g/mol. The van der Waals surface area contributed by atoms with E-state index in [2.05, 4.69) is 0 Å². The molecule has 0 radical (unpaired) electrons. The first-order chi connectivity index (χ1) is 1.73. The molecular weight excluding hydrogens is 349 g/mol. The largest absolute Gasteiger partial charge is 1.00 e. The number of hydrogen-bond donors (Lipinski definition) is 0. The average Bonchev–Trinajstić information content (AvgIpc) is 0.811. The van der Waals surface area contributed by atoms with Crippen molar-refractivity contribution in [1.82, 2.24) is 0 Å². The van der Waals surface area contributed by atoms with E-state index in [0.29, 0.717) is 0 Å². The van der Waals surface area contributed by atoms with Crippen LogP contribution >= 0.6 is 0 Å². The molecule has 0 fully saturated rings. The molecule has 0 amide bonds. The van der Waals surface area contributed by atoms with Gasteiger partial charge in [0.25, 0.3) is 0 Å². The van der Waals surface area contributed by atoms with Crippen LogP contribution in [0.15, 0.2) is 0 Å². The molecule has 0 heterocycles. The zero-order valence-corrected chi connectivity index (χ0v) is 3.72. The van der Waals surface area contributed by atoms with Gasteiger partial charge in [0.2, 0.25) is 0 Å². The summed E-state index contributed by atoms with van der Waals surface area (Å²) in [6, 6.07) is 0. The molecule has 0 aliphatic carbocycles. The zero-order chi connectivity index (χ0) is 3.58. The fourth-order valence-electron chi connectivity index (χ4n) is 0. The van der Waals surface area contributed by atoms with E-state index in [9.17, 15) is 0 Å². The number of hydrogen-bond acceptors (Lipinski definition) is 3. The number of carbonyl (C=O) groups is 1. The van der Waals surface area contributed by atoms with Crippen molar-refractivity contribution < 1.29 is 52.7 Å². The Hall–Kier alpha value is 3.61. The molecule has 0 N–H and O–H groups in total. The molecule has 0 saturated carbocycles. The first-order valence-corrected chi connectivity index (χ1v) is 0.612. The number of rotatable bonds is 0. The van der Waals surface area contributed by atoms with Crippen LogP contribution in [0, 0.1) is 0 Å². The van der Waals surface area contributed by atoms with Gasteiger partial charge in [-0.1, -0.05) is 0 Å². The molecule has 0 atom stereocenters. The molecule has 0 aliphatic heterocycles. The third-order valence-corrected chi connectivity index (χ3v) is 0.